The summed E-state index contributed by atoms with van der Waals surface area (Å²) in [4.78, 5) is 11.1. The molecule has 1 N–H and O–H groups in total. The second-order valence-electron chi connectivity index (χ2n) is 2.39. The molecule has 0 aliphatic heterocycles. The van der Waals surface area contributed by atoms with Crippen LogP contribution in [0.25, 0.3) is 0 Å². The first kappa shape index (κ1) is 10.0. The molecular weight excluding hydrogens is 190 g/mol. The fraction of sp³-hybridized carbons (Fsp3) is 0.571. The third-order valence-electron chi connectivity index (χ3n) is 1.42. The number of nitrogens with one attached hydrogen (secondary N) is 1. The summed E-state index contributed by atoms with van der Waals surface area (Å²) in [7, 11) is 0. The van der Waals surface area contributed by atoms with E-state index in [-0.39, 0.29) is 5.91 Å². The summed E-state index contributed by atoms with van der Waals surface area (Å²) in [6.45, 7) is 1.92. The van der Waals surface area contributed by atoms with Crippen molar-refractivity contribution in [2.24, 2.45) is 0 Å². The molecule has 0 atom stereocenters. The average Bonchev–Trinajstić information content (AvgIpc) is 2.52. The van der Waals surface area contributed by atoms with Crippen LogP contribution in [0.5, 0.6) is 0 Å². The van der Waals surface area contributed by atoms with Crippen LogP contribution >= 0.6 is 11.8 Å². The fourth-order valence-corrected chi connectivity index (χ4v) is 1.17. The number of aryl methyl sites for hydroxylation is 1. The largest absolute Gasteiger partial charge is 0.306 e. The highest BCUT2D eigenvalue weighted by molar-refractivity contribution is 7.99. The van der Waals surface area contributed by atoms with Gasteiger partial charge in [0.2, 0.25) is 11.7 Å². The van der Waals surface area contributed by atoms with E-state index in [2.05, 4.69) is 20.3 Å². The molecule has 0 spiro atoms. The van der Waals surface area contributed by atoms with E-state index in [1.54, 1.807) is 0 Å². The SMILES string of the molecule is CCc1nonc1NC(=O)CSC. The molecule has 6 heteroatoms. The lowest BCUT2D eigenvalue weighted by atomic mass is 10.3. The molecule has 0 aliphatic rings. The molecule has 0 fully saturated rings. The predicted molar refractivity (Wildman–Crippen MR) is 50.7 cm³/mol. The molecule has 0 saturated heterocycles. The summed E-state index contributed by atoms with van der Waals surface area (Å²) < 4.78 is 4.49. The molecule has 1 heterocycles. The lowest BCUT2D eigenvalue weighted by molar-refractivity contribution is -0.113. The van der Waals surface area contributed by atoms with E-state index in [0.29, 0.717) is 23.7 Å². The van der Waals surface area contributed by atoms with Gasteiger partial charge in [-0.2, -0.15) is 11.8 Å². The predicted octanol–water partition coefficient (Wildman–Crippen LogP) is 0.933. The van der Waals surface area contributed by atoms with Crippen molar-refractivity contribution in [1.29, 1.82) is 0 Å². The summed E-state index contributed by atoms with van der Waals surface area (Å²) in [5.41, 5.74) is 0.675. The second kappa shape index (κ2) is 4.86. The second-order valence-corrected chi connectivity index (χ2v) is 3.26. The van der Waals surface area contributed by atoms with Crippen molar-refractivity contribution in [2.75, 3.05) is 17.3 Å². The van der Waals surface area contributed by atoms with Crippen LogP contribution in [-0.4, -0.2) is 28.2 Å². The Labute approximate surface area is 80.2 Å². The molecule has 5 nitrogen and oxygen atoms in total. The molecule has 1 amide bonds. The monoisotopic (exact) mass is 201 g/mol. The van der Waals surface area contributed by atoms with Gasteiger partial charge < -0.3 is 5.32 Å². The van der Waals surface area contributed by atoms with E-state index >= 15 is 0 Å². The minimum absolute atomic E-state index is 0.0853. The van der Waals surface area contributed by atoms with Gasteiger partial charge in [0.25, 0.3) is 0 Å². The lowest BCUT2D eigenvalue weighted by Gasteiger charge is -1.98. The number of carbonyl (C=O) groups is 1. The third-order valence-corrected chi connectivity index (χ3v) is 1.98. The normalized spacial score (nSPS) is 10.0. The zero-order valence-corrected chi connectivity index (χ0v) is 8.35. The summed E-state index contributed by atoms with van der Waals surface area (Å²) in [5, 5.41) is 9.84. The Morgan fingerprint density at radius 3 is 3.00 bits per heavy atom. The number of hydrogen-bond acceptors (Lipinski definition) is 5. The molecule has 0 radical (unpaired) electrons. The molecule has 1 aromatic rings. The topological polar surface area (TPSA) is 68.0 Å². The van der Waals surface area contributed by atoms with Crippen LogP contribution in [0, 0.1) is 0 Å². The molecule has 1 aromatic heterocycles. The highest BCUT2D eigenvalue weighted by Crippen LogP contribution is 2.09. The number of amides is 1. The number of thioether (sulfide) groups is 1. The first-order valence-corrected chi connectivity index (χ1v) is 5.27. The minimum Gasteiger partial charge on any atom is -0.306 e. The van der Waals surface area contributed by atoms with Crippen LogP contribution in [0.15, 0.2) is 4.63 Å². The molecule has 1 rings (SSSR count). The van der Waals surface area contributed by atoms with Gasteiger partial charge in [0, 0.05) is 0 Å². The van der Waals surface area contributed by atoms with Crippen LogP contribution in [0.2, 0.25) is 0 Å². The van der Waals surface area contributed by atoms with Crippen molar-refractivity contribution in [3.63, 3.8) is 0 Å². The van der Waals surface area contributed by atoms with Gasteiger partial charge in [0.1, 0.15) is 5.69 Å². The molecule has 13 heavy (non-hydrogen) atoms. The standard InChI is InChI=1S/C7H11N3O2S/c1-3-5-7(10-12-9-5)8-6(11)4-13-2/h3-4H2,1-2H3,(H,8,10,11). The summed E-state index contributed by atoms with van der Waals surface area (Å²) in [6.07, 6.45) is 2.56. The van der Waals surface area contributed by atoms with Crippen LogP contribution in [-0.2, 0) is 11.2 Å². The maximum absolute atomic E-state index is 11.1. The Balaban J connectivity index is 2.57. The number of aromatic nitrogens is 2. The zero-order valence-electron chi connectivity index (χ0n) is 7.53. The van der Waals surface area contributed by atoms with Crippen molar-refractivity contribution in [3.05, 3.63) is 5.69 Å². The van der Waals surface area contributed by atoms with E-state index in [1.807, 2.05) is 13.2 Å². The molecular formula is C7H11N3O2S. The summed E-state index contributed by atoms with van der Waals surface area (Å²) in [6, 6.07) is 0. The van der Waals surface area contributed by atoms with Gasteiger partial charge in [0.15, 0.2) is 0 Å². The van der Waals surface area contributed by atoms with Crippen LogP contribution in [0.1, 0.15) is 12.6 Å². The summed E-state index contributed by atoms with van der Waals surface area (Å²) in [5.74, 6) is 0.759. The molecule has 0 bridgehead atoms. The van der Waals surface area contributed by atoms with Gasteiger partial charge in [-0.25, -0.2) is 4.63 Å². The average molecular weight is 201 g/mol. The third kappa shape index (κ3) is 2.73. The van der Waals surface area contributed by atoms with Crippen LogP contribution in [0.4, 0.5) is 5.82 Å². The lowest BCUT2D eigenvalue weighted by Crippen LogP contribution is -2.15. The van der Waals surface area contributed by atoms with Gasteiger partial charge in [-0.15, -0.1) is 0 Å². The Bertz CT molecular complexity index is 287. The van der Waals surface area contributed by atoms with Gasteiger partial charge in [-0.3, -0.25) is 4.79 Å². The maximum atomic E-state index is 11.1. The Morgan fingerprint density at radius 2 is 2.38 bits per heavy atom. The first-order valence-electron chi connectivity index (χ1n) is 3.88. The van der Waals surface area contributed by atoms with Crippen molar-refractivity contribution in [2.45, 2.75) is 13.3 Å². The number of carbonyl (C=O) groups excluding carboxylic acids is 1. The Hall–Kier alpha value is -1.04. The highest BCUT2D eigenvalue weighted by Gasteiger charge is 2.10. The molecule has 0 aliphatic carbocycles. The fourth-order valence-electron chi connectivity index (χ4n) is 0.833. The van der Waals surface area contributed by atoms with Crippen molar-refractivity contribution < 1.29 is 9.42 Å². The molecule has 0 unspecified atom stereocenters. The molecule has 0 aromatic carbocycles. The van der Waals surface area contributed by atoms with Crippen molar-refractivity contribution in [1.82, 2.24) is 10.3 Å². The van der Waals surface area contributed by atoms with Crippen molar-refractivity contribution in [3.8, 4) is 0 Å². The van der Waals surface area contributed by atoms with Gasteiger partial charge >= 0.3 is 0 Å². The first-order chi connectivity index (χ1) is 6.27. The number of hydrogen-bond donors (Lipinski definition) is 1. The maximum Gasteiger partial charge on any atom is 0.235 e. The van der Waals surface area contributed by atoms with Crippen LogP contribution in [0.3, 0.4) is 0 Å². The molecule has 0 saturated carbocycles. The minimum atomic E-state index is -0.0853. The quantitative estimate of drug-likeness (QED) is 0.785. The summed E-state index contributed by atoms with van der Waals surface area (Å²) >= 11 is 1.45. The molecule has 72 valence electrons. The number of rotatable bonds is 4. The van der Waals surface area contributed by atoms with Gasteiger partial charge in [-0.05, 0) is 17.8 Å². The van der Waals surface area contributed by atoms with E-state index in [1.165, 1.54) is 11.8 Å². The van der Waals surface area contributed by atoms with E-state index in [9.17, 15) is 4.79 Å². The smallest absolute Gasteiger partial charge is 0.235 e. The van der Waals surface area contributed by atoms with E-state index in [4.69, 9.17) is 0 Å². The zero-order chi connectivity index (χ0) is 9.68. The number of anilines is 1. The van der Waals surface area contributed by atoms with Crippen molar-refractivity contribution >= 4 is 23.5 Å². The van der Waals surface area contributed by atoms with Crippen LogP contribution < -0.4 is 5.32 Å². The van der Waals surface area contributed by atoms with Gasteiger partial charge in [-0.1, -0.05) is 12.1 Å². The highest BCUT2D eigenvalue weighted by atomic mass is 32.2. The Morgan fingerprint density at radius 1 is 1.62 bits per heavy atom. The van der Waals surface area contributed by atoms with E-state index in [0.717, 1.165) is 0 Å². The number of nitrogens with zero attached hydrogens (tertiary/aromatic N) is 2. The van der Waals surface area contributed by atoms with Gasteiger partial charge in [0.05, 0.1) is 5.75 Å². The van der Waals surface area contributed by atoms with E-state index < -0.39 is 0 Å². The Kier molecular flexibility index (Phi) is 3.75.